The first-order valence-electron chi connectivity index (χ1n) is 11.8. The molecule has 0 saturated heterocycles. The van der Waals surface area contributed by atoms with E-state index < -0.39 is 5.60 Å². The number of para-hydroxylation sites is 1. The molecule has 5 N–H and O–H groups in total. The molecule has 0 amide bonds. The van der Waals surface area contributed by atoms with Gasteiger partial charge in [-0.25, -0.2) is 5.84 Å². The van der Waals surface area contributed by atoms with Gasteiger partial charge >= 0.3 is 0 Å². The van der Waals surface area contributed by atoms with Crippen LogP contribution in [0.25, 0.3) is 5.70 Å². The molecule has 0 saturated carbocycles. The minimum absolute atomic E-state index is 0.614. The van der Waals surface area contributed by atoms with E-state index in [4.69, 9.17) is 11.6 Å². The molecule has 1 unspecified atom stereocenters. The number of hydrazine groups is 1. The number of nitrogens with zero attached hydrogens (tertiary/aromatic N) is 2. The lowest BCUT2D eigenvalue weighted by Gasteiger charge is -2.31. The third kappa shape index (κ3) is 10.8. The van der Waals surface area contributed by atoms with Gasteiger partial charge in [-0.15, -0.1) is 0 Å². The third-order valence-corrected chi connectivity index (χ3v) is 4.61. The van der Waals surface area contributed by atoms with E-state index in [9.17, 15) is 5.11 Å². The second-order valence-electron chi connectivity index (χ2n) is 8.71. The molecule has 188 valence electrons. The fourth-order valence-electron chi connectivity index (χ4n) is 3.25. The summed E-state index contributed by atoms with van der Waals surface area (Å²) in [6.07, 6.45) is 8.86. The van der Waals surface area contributed by atoms with Crippen LogP contribution in [0, 0.1) is 0 Å². The second kappa shape index (κ2) is 16.7. The average molecular weight is 467 g/mol. The summed E-state index contributed by atoms with van der Waals surface area (Å²) < 4.78 is 0. The number of nitrogens with two attached hydrogens (primary N) is 2. The first-order chi connectivity index (χ1) is 16.1. The molecule has 0 bridgehead atoms. The summed E-state index contributed by atoms with van der Waals surface area (Å²) in [4.78, 5) is 2.00. The van der Waals surface area contributed by atoms with E-state index in [2.05, 4.69) is 6.92 Å². The number of hydrogen-bond donors (Lipinski definition) is 3. The molecule has 0 aliphatic carbocycles. The summed E-state index contributed by atoms with van der Waals surface area (Å²) in [5.41, 5.74) is 9.01. The normalized spacial score (nSPS) is 12.7. The number of hydrogen-bond acceptors (Lipinski definition) is 5. The van der Waals surface area contributed by atoms with E-state index in [1.165, 1.54) is 6.20 Å². The molecule has 0 aromatic heterocycles. The van der Waals surface area contributed by atoms with E-state index in [0.29, 0.717) is 12.1 Å². The van der Waals surface area contributed by atoms with E-state index >= 15 is 0 Å². The van der Waals surface area contributed by atoms with Gasteiger partial charge in [-0.3, -0.25) is 5.01 Å². The highest BCUT2D eigenvalue weighted by Crippen LogP contribution is 2.36. The van der Waals surface area contributed by atoms with Gasteiger partial charge in [0.05, 0.1) is 11.4 Å². The van der Waals surface area contributed by atoms with Crippen LogP contribution < -0.4 is 16.6 Å². The first kappa shape index (κ1) is 31.1. The highest BCUT2D eigenvalue weighted by atomic mass is 16.3. The van der Waals surface area contributed by atoms with Crippen molar-refractivity contribution in [3.05, 3.63) is 95.7 Å². The average Bonchev–Trinajstić information content (AvgIpc) is 2.80. The van der Waals surface area contributed by atoms with Crippen molar-refractivity contribution in [3.63, 3.8) is 0 Å². The Kier molecular flexibility index (Phi) is 15.3. The van der Waals surface area contributed by atoms with Crippen LogP contribution in [0.2, 0.25) is 0 Å². The molecule has 34 heavy (non-hydrogen) atoms. The number of benzene rings is 2. The summed E-state index contributed by atoms with van der Waals surface area (Å²) in [6, 6.07) is 17.3. The zero-order valence-corrected chi connectivity index (χ0v) is 22.4. The molecule has 0 aliphatic heterocycles. The van der Waals surface area contributed by atoms with Crippen molar-refractivity contribution in [3.8, 4) is 0 Å². The van der Waals surface area contributed by atoms with Gasteiger partial charge < -0.3 is 15.7 Å². The van der Waals surface area contributed by atoms with Gasteiger partial charge in [0.1, 0.15) is 5.60 Å². The molecule has 0 radical (unpaired) electrons. The Morgan fingerprint density at radius 3 is 1.88 bits per heavy atom. The summed E-state index contributed by atoms with van der Waals surface area (Å²) >= 11 is 0. The lowest BCUT2D eigenvalue weighted by atomic mass is 9.84. The summed E-state index contributed by atoms with van der Waals surface area (Å²) in [7, 11) is 6.00. The summed E-state index contributed by atoms with van der Waals surface area (Å²) in [5, 5.41) is 13.0. The molecule has 2 rings (SSSR count). The lowest BCUT2D eigenvalue weighted by Crippen LogP contribution is -2.32. The third-order valence-electron chi connectivity index (χ3n) is 4.61. The largest absolute Gasteiger partial charge is 0.403 e. The molecule has 0 fully saturated rings. The standard InChI is InChI=1S/C22H29N3O.C4H8.C3H9N/c1-4-14-22(26,15-17(2)3)20-13-9-8-12-19(20)21(16-23)25(24)18-10-6-5-7-11-18;1-3-4-2;1-4(2)3/h5-13,15-16,26H,4,14,23-24H2,1-3H3;3-4H,1-2H3;1-3H3/b21-16-;4-3-;. The van der Waals surface area contributed by atoms with Crippen LogP contribution in [-0.4, -0.2) is 31.1 Å². The van der Waals surface area contributed by atoms with Gasteiger partial charge in [0.25, 0.3) is 0 Å². The Hall–Kier alpha value is -2.86. The van der Waals surface area contributed by atoms with Crippen molar-refractivity contribution in [1.82, 2.24) is 4.90 Å². The maximum atomic E-state index is 11.4. The molecule has 5 nitrogen and oxygen atoms in total. The molecule has 0 aliphatic rings. The van der Waals surface area contributed by atoms with Crippen molar-refractivity contribution < 1.29 is 5.11 Å². The molecule has 0 heterocycles. The molecule has 1 atom stereocenters. The van der Waals surface area contributed by atoms with Gasteiger partial charge in [-0.05, 0) is 79.0 Å². The van der Waals surface area contributed by atoms with Crippen LogP contribution in [0.15, 0.2) is 84.6 Å². The zero-order valence-electron chi connectivity index (χ0n) is 22.4. The number of anilines is 1. The van der Waals surface area contributed by atoms with Crippen LogP contribution >= 0.6 is 0 Å². The van der Waals surface area contributed by atoms with E-state index in [1.807, 2.05) is 127 Å². The highest BCUT2D eigenvalue weighted by Gasteiger charge is 2.30. The predicted molar refractivity (Wildman–Crippen MR) is 150 cm³/mol. The Morgan fingerprint density at radius 2 is 1.44 bits per heavy atom. The number of aliphatic hydroxyl groups is 1. The number of rotatable bonds is 7. The first-order valence-corrected chi connectivity index (χ1v) is 11.8. The Labute approximate surface area is 208 Å². The maximum absolute atomic E-state index is 11.4. The topological polar surface area (TPSA) is 78.8 Å². The van der Waals surface area contributed by atoms with Crippen molar-refractivity contribution in [1.29, 1.82) is 0 Å². The van der Waals surface area contributed by atoms with Gasteiger partial charge in [0.15, 0.2) is 0 Å². The van der Waals surface area contributed by atoms with Crippen LogP contribution in [0.1, 0.15) is 58.6 Å². The van der Waals surface area contributed by atoms with Gasteiger partial charge in [0, 0.05) is 11.8 Å². The van der Waals surface area contributed by atoms with E-state index in [0.717, 1.165) is 28.8 Å². The van der Waals surface area contributed by atoms with Crippen molar-refractivity contribution in [2.75, 3.05) is 26.2 Å². The van der Waals surface area contributed by atoms with Gasteiger partial charge in [0.2, 0.25) is 0 Å². The molecular formula is C29H46N4O. The Bertz CT molecular complexity index is 893. The minimum Gasteiger partial charge on any atom is -0.403 e. The van der Waals surface area contributed by atoms with Gasteiger partial charge in [-0.2, -0.15) is 0 Å². The predicted octanol–water partition coefficient (Wildman–Crippen LogP) is 6.04. The maximum Gasteiger partial charge on any atom is 0.109 e. The SMILES string of the molecule is C/C=C\C.CCCC(O)(C=C(C)C)c1ccccc1/C(=C/N)N(N)c1ccccc1.CN(C)C. The van der Waals surface area contributed by atoms with Crippen molar-refractivity contribution >= 4 is 11.4 Å². The number of allylic oxidation sites excluding steroid dienone is 3. The molecule has 5 heteroatoms. The van der Waals surface area contributed by atoms with Crippen molar-refractivity contribution in [2.45, 2.75) is 53.1 Å². The molecule has 0 spiro atoms. The fourth-order valence-corrected chi connectivity index (χ4v) is 3.25. The fraction of sp³-hybridized carbons (Fsp3) is 0.379. The van der Waals surface area contributed by atoms with Crippen LogP contribution in [0.4, 0.5) is 5.69 Å². The summed E-state index contributed by atoms with van der Waals surface area (Å²) in [5.74, 6) is 6.36. The van der Waals surface area contributed by atoms with Crippen molar-refractivity contribution in [2.24, 2.45) is 11.6 Å². The Balaban J connectivity index is 0.00000118. The summed E-state index contributed by atoms with van der Waals surface area (Å²) in [6.45, 7) is 10.0. The molecule has 2 aromatic carbocycles. The highest BCUT2D eigenvalue weighted by molar-refractivity contribution is 5.80. The lowest BCUT2D eigenvalue weighted by molar-refractivity contribution is 0.0776. The quantitative estimate of drug-likeness (QED) is 0.263. The zero-order chi connectivity index (χ0) is 26.1. The molecule has 2 aromatic rings. The van der Waals surface area contributed by atoms with Crippen LogP contribution in [-0.2, 0) is 5.60 Å². The van der Waals surface area contributed by atoms with E-state index in [1.54, 1.807) is 5.01 Å². The van der Waals surface area contributed by atoms with E-state index in [-0.39, 0.29) is 0 Å². The molecular weight excluding hydrogens is 420 g/mol. The Morgan fingerprint density at radius 1 is 0.941 bits per heavy atom. The smallest absolute Gasteiger partial charge is 0.109 e. The van der Waals surface area contributed by atoms with Gasteiger partial charge in [-0.1, -0.05) is 73.5 Å². The minimum atomic E-state index is -1.07. The monoisotopic (exact) mass is 466 g/mol. The van der Waals surface area contributed by atoms with Crippen LogP contribution in [0.5, 0.6) is 0 Å². The van der Waals surface area contributed by atoms with Crippen LogP contribution in [0.3, 0.4) is 0 Å². The second-order valence-corrected chi connectivity index (χ2v) is 8.71.